The second kappa shape index (κ2) is 7.46. The highest BCUT2D eigenvalue weighted by Crippen LogP contribution is 2.40. The van der Waals surface area contributed by atoms with Crippen LogP contribution in [0.3, 0.4) is 0 Å². The van der Waals surface area contributed by atoms with E-state index in [-0.39, 0.29) is 23.9 Å². The van der Waals surface area contributed by atoms with Gasteiger partial charge in [0, 0.05) is 35.6 Å². The fraction of sp³-hybridized carbons (Fsp3) is 0.176. The standard InChI is InChI=1S/C17H15FIN3O4/c1-22(2)17(24)26-16-14(21-13-4-3-10(19)5-12(13)18)11-7-20-6-9(8-23)15(11)25-16/h3-7,21,23H,8H2,1-2H3. The number of anilines is 2. The molecule has 0 fully saturated rings. The largest absolute Gasteiger partial charge is 0.423 e. The first kappa shape index (κ1) is 18.4. The van der Waals surface area contributed by atoms with E-state index < -0.39 is 11.9 Å². The first-order chi connectivity index (χ1) is 12.4. The molecule has 3 rings (SSSR count). The molecule has 2 aromatic heterocycles. The fourth-order valence-electron chi connectivity index (χ4n) is 2.24. The average molecular weight is 471 g/mol. The van der Waals surface area contributed by atoms with Crippen LogP contribution in [-0.2, 0) is 6.61 Å². The zero-order chi connectivity index (χ0) is 18.8. The number of benzene rings is 1. The zero-order valence-electron chi connectivity index (χ0n) is 13.9. The Balaban J connectivity index is 2.12. The molecule has 1 aromatic carbocycles. The Morgan fingerprint density at radius 2 is 2.19 bits per heavy atom. The molecule has 0 saturated heterocycles. The van der Waals surface area contributed by atoms with E-state index in [1.165, 1.54) is 37.5 Å². The number of hydrogen-bond acceptors (Lipinski definition) is 6. The Morgan fingerprint density at radius 1 is 1.42 bits per heavy atom. The number of nitrogens with zero attached hydrogens (tertiary/aromatic N) is 2. The number of ether oxygens (including phenoxy) is 1. The molecule has 0 spiro atoms. The molecule has 0 radical (unpaired) electrons. The van der Waals surface area contributed by atoms with Crippen LogP contribution in [0.1, 0.15) is 5.56 Å². The van der Waals surface area contributed by atoms with Gasteiger partial charge in [0.1, 0.15) is 17.1 Å². The summed E-state index contributed by atoms with van der Waals surface area (Å²) >= 11 is 2.01. The van der Waals surface area contributed by atoms with Crippen molar-refractivity contribution >= 4 is 51.0 Å². The predicted molar refractivity (Wildman–Crippen MR) is 102 cm³/mol. The Kier molecular flexibility index (Phi) is 5.28. The Hall–Kier alpha value is -2.40. The lowest BCUT2D eigenvalue weighted by Crippen LogP contribution is -2.25. The molecule has 26 heavy (non-hydrogen) atoms. The van der Waals surface area contributed by atoms with Gasteiger partial charge in [-0.15, -0.1) is 0 Å². The zero-order valence-corrected chi connectivity index (χ0v) is 16.1. The number of aliphatic hydroxyl groups excluding tert-OH is 1. The van der Waals surface area contributed by atoms with Crippen molar-refractivity contribution in [3.63, 3.8) is 0 Å². The Bertz CT molecular complexity index is 974. The van der Waals surface area contributed by atoms with Crippen LogP contribution in [-0.4, -0.2) is 35.2 Å². The number of carbonyl (C=O) groups excluding carboxylic acids is 1. The van der Waals surface area contributed by atoms with Crippen LogP contribution in [0.2, 0.25) is 0 Å². The minimum Gasteiger partial charge on any atom is -0.423 e. The SMILES string of the molecule is CN(C)C(=O)Oc1oc2c(CO)cncc2c1Nc1ccc(I)cc1F. The monoisotopic (exact) mass is 471 g/mol. The van der Waals surface area contributed by atoms with Crippen molar-refractivity contribution in [2.75, 3.05) is 19.4 Å². The third-order valence-corrected chi connectivity index (χ3v) is 4.22. The van der Waals surface area contributed by atoms with Crippen molar-refractivity contribution in [2.45, 2.75) is 6.61 Å². The summed E-state index contributed by atoms with van der Waals surface area (Å²) in [6, 6.07) is 4.67. The molecule has 0 aliphatic heterocycles. The van der Waals surface area contributed by atoms with Gasteiger partial charge in [0.05, 0.1) is 17.7 Å². The van der Waals surface area contributed by atoms with Gasteiger partial charge in [-0.1, -0.05) is 0 Å². The number of rotatable bonds is 4. The van der Waals surface area contributed by atoms with Gasteiger partial charge < -0.3 is 24.5 Å². The van der Waals surface area contributed by atoms with Crippen LogP contribution in [0.4, 0.5) is 20.6 Å². The second-order valence-electron chi connectivity index (χ2n) is 5.61. The van der Waals surface area contributed by atoms with E-state index in [1.54, 1.807) is 12.1 Å². The highest BCUT2D eigenvalue weighted by Gasteiger charge is 2.22. The quantitative estimate of drug-likeness (QED) is 0.562. The fourth-order valence-corrected chi connectivity index (χ4v) is 2.70. The number of nitrogens with one attached hydrogen (secondary N) is 1. The summed E-state index contributed by atoms with van der Waals surface area (Å²) in [6.07, 6.45) is 2.27. The molecule has 1 amide bonds. The maximum absolute atomic E-state index is 14.2. The lowest BCUT2D eigenvalue weighted by molar-refractivity contribution is 0.161. The van der Waals surface area contributed by atoms with Gasteiger partial charge in [0.2, 0.25) is 0 Å². The summed E-state index contributed by atoms with van der Waals surface area (Å²) in [5.74, 6) is -0.609. The molecule has 0 aliphatic carbocycles. The number of fused-ring (bicyclic) bond motifs is 1. The summed E-state index contributed by atoms with van der Waals surface area (Å²) in [7, 11) is 3.05. The van der Waals surface area contributed by atoms with Crippen LogP contribution in [0.25, 0.3) is 11.0 Å². The predicted octanol–water partition coefficient (Wildman–Crippen LogP) is 3.87. The van der Waals surface area contributed by atoms with E-state index in [4.69, 9.17) is 9.15 Å². The van der Waals surface area contributed by atoms with Gasteiger partial charge in [-0.2, -0.15) is 0 Å². The topological polar surface area (TPSA) is 87.8 Å². The number of pyridine rings is 1. The van der Waals surface area contributed by atoms with Crippen molar-refractivity contribution in [2.24, 2.45) is 0 Å². The molecular weight excluding hydrogens is 456 g/mol. The second-order valence-corrected chi connectivity index (χ2v) is 6.86. The molecule has 0 unspecified atom stereocenters. The third-order valence-electron chi connectivity index (χ3n) is 3.54. The van der Waals surface area contributed by atoms with Gasteiger partial charge in [-0.05, 0) is 40.8 Å². The molecule has 0 saturated carbocycles. The normalized spacial score (nSPS) is 10.8. The van der Waals surface area contributed by atoms with Crippen LogP contribution in [0.5, 0.6) is 5.95 Å². The average Bonchev–Trinajstić information content (AvgIpc) is 2.94. The first-order valence-corrected chi connectivity index (χ1v) is 8.60. The Morgan fingerprint density at radius 3 is 2.85 bits per heavy atom. The molecule has 0 aliphatic rings. The first-order valence-electron chi connectivity index (χ1n) is 7.52. The van der Waals surface area contributed by atoms with Crippen molar-refractivity contribution in [3.8, 4) is 5.95 Å². The summed E-state index contributed by atoms with van der Waals surface area (Å²) in [5.41, 5.74) is 1.15. The lowest BCUT2D eigenvalue weighted by Gasteiger charge is -2.11. The lowest BCUT2D eigenvalue weighted by atomic mass is 10.2. The highest BCUT2D eigenvalue weighted by atomic mass is 127. The third kappa shape index (κ3) is 3.58. The molecule has 136 valence electrons. The number of halogens is 2. The van der Waals surface area contributed by atoms with Gasteiger partial charge in [0.25, 0.3) is 0 Å². The van der Waals surface area contributed by atoms with Crippen molar-refractivity contribution in [3.05, 3.63) is 45.5 Å². The van der Waals surface area contributed by atoms with E-state index >= 15 is 0 Å². The summed E-state index contributed by atoms with van der Waals surface area (Å²) in [6.45, 7) is -0.309. The van der Waals surface area contributed by atoms with Crippen molar-refractivity contribution in [1.82, 2.24) is 9.88 Å². The van der Waals surface area contributed by atoms with Crippen LogP contribution in [0.15, 0.2) is 35.0 Å². The molecule has 3 aromatic rings. The number of amides is 1. The van der Waals surface area contributed by atoms with Gasteiger partial charge >= 0.3 is 12.0 Å². The van der Waals surface area contributed by atoms with Crippen LogP contribution < -0.4 is 10.1 Å². The molecule has 9 heteroatoms. The van der Waals surface area contributed by atoms with E-state index in [9.17, 15) is 14.3 Å². The van der Waals surface area contributed by atoms with Gasteiger partial charge in [-0.25, -0.2) is 9.18 Å². The number of furan rings is 1. The number of aliphatic hydroxyl groups is 1. The Labute approximate surface area is 161 Å². The van der Waals surface area contributed by atoms with Gasteiger partial charge in [-0.3, -0.25) is 4.98 Å². The molecule has 7 nitrogen and oxygen atoms in total. The van der Waals surface area contributed by atoms with Crippen LogP contribution in [0, 0.1) is 9.39 Å². The number of hydrogen-bond donors (Lipinski definition) is 2. The highest BCUT2D eigenvalue weighted by molar-refractivity contribution is 14.1. The van der Waals surface area contributed by atoms with E-state index in [0.29, 0.717) is 16.5 Å². The molecule has 0 atom stereocenters. The minimum absolute atomic E-state index is 0.139. The van der Waals surface area contributed by atoms with E-state index in [0.717, 1.165) is 3.57 Å². The molecule has 2 heterocycles. The summed E-state index contributed by atoms with van der Waals surface area (Å²) in [5, 5.41) is 12.8. The van der Waals surface area contributed by atoms with Crippen LogP contribution >= 0.6 is 22.6 Å². The van der Waals surface area contributed by atoms with E-state index in [1.807, 2.05) is 22.6 Å². The van der Waals surface area contributed by atoms with Crippen molar-refractivity contribution < 1.29 is 23.4 Å². The van der Waals surface area contributed by atoms with Crippen molar-refractivity contribution in [1.29, 1.82) is 0 Å². The van der Waals surface area contributed by atoms with Gasteiger partial charge in [0.15, 0.2) is 0 Å². The maximum atomic E-state index is 14.2. The van der Waals surface area contributed by atoms with E-state index in [2.05, 4.69) is 10.3 Å². The number of carbonyl (C=O) groups is 1. The smallest absolute Gasteiger partial charge is 0.417 e. The molecule has 0 bridgehead atoms. The molecule has 2 N–H and O–H groups in total. The summed E-state index contributed by atoms with van der Waals surface area (Å²) < 4.78 is 25.9. The number of aromatic nitrogens is 1. The maximum Gasteiger partial charge on any atom is 0.417 e. The summed E-state index contributed by atoms with van der Waals surface area (Å²) in [4.78, 5) is 17.2. The molecular formula is C17H15FIN3O4. The minimum atomic E-state index is -0.659.